The molecule has 0 aromatic carbocycles. The van der Waals surface area contributed by atoms with Gasteiger partial charge in [-0.05, 0) is 41.4 Å². The molecule has 0 saturated heterocycles. The lowest BCUT2D eigenvalue weighted by Gasteiger charge is -2.03. The zero-order valence-electron chi connectivity index (χ0n) is 14.9. The van der Waals surface area contributed by atoms with Crippen LogP contribution in [-0.4, -0.2) is 9.41 Å². The third kappa shape index (κ3) is 14.0. The van der Waals surface area contributed by atoms with Gasteiger partial charge in [-0.15, -0.1) is 0 Å². The second kappa shape index (κ2) is 16.7. The Morgan fingerprint density at radius 2 is 0.957 bits per heavy atom. The number of nitrogens with zero attached hydrogens (tertiary/aromatic N) is 1. The van der Waals surface area contributed by atoms with E-state index in [0.29, 0.717) is 0 Å². The first-order chi connectivity index (χ1) is 11.4. The highest BCUT2D eigenvalue weighted by atomic mass is 127. The van der Waals surface area contributed by atoms with E-state index >= 15 is 0 Å². The molecule has 0 aliphatic heterocycles. The van der Waals surface area contributed by atoms with Crippen LogP contribution in [0.2, 0.25) is 0 Å². The molecule has 1 nitrogen and oxygen atoms in total. The Morgan fingerprint density at radius 3 is 1.39 bits per heavy atom. The lowest BCUT2D eigenvalue weighted by Crippen LogP contribution is -1.87. The summed E-state index contributed by atoms with van der Waals surface area (Å²) in [6.45, 7) is 0. The van der Waals surface area contributed by atoms with Crippen molar-refractivity contribution < 1.29 is 0 Å². The Kier molecular flexibility index (Phi) is 15.2. The first-order valence-electron chi connectivity index (χ1n) is 9.88. The fourth-order valence-corrected chi connectivity index (χ4v) is 3.63. The number of hydrogen-bond donors (Lipinski definition) is 0. The minimum absolute atomic E-state index is 1.22. The predicted molar refractivity (Wildman–Crippen MR) is 111 cm³/mol. The maximum absolute atomic E-state index is 4.07. The predicted octanol–water partition coefficient (Wildman–Crippen LogP) is 7.52. The summed E-state index contributed by atoms with van der Waals surface area (Å²) in [5, 5.41) is 0. The Bertz CT molecular complexity index is 339. The summed E-state index contributed by atoms with van der Waals surface area (Å²) in [7, 11) is 0. The zero-order valence-corrected chi connectivity index (χ0v) is 17.1. The highest BCUT2D eigenvalue weighted by Gasteiger charge is 1.95. The zero-order chi connectivity index (χ0) is 16.4. The lowest BCUT2D eigenvalue weighted by atomic mass is 10.0. The third-order valence-corrected chi connectivity index (χ3v) is 5.36. The molecule has 23 heavy (non-hydrogen) atoms. The fourth-order valence-electron chi connectivity index (χ4n) is 3.09. The molecule has 0 atom stereocenters. The topological polar surface area (TPSA) is 12.9 Å². The van der Waals surface area contributed by atoms with Crippen molar-refractivity contribution in [3.05, 3.63) is 30.1 Å². The van der Waals surface area contributed by atoms with Crippen LogP contribution in [0.15, 0.2) is 24.5 Å². The molecule has 0 N–H and O–H groups in total. The molecule has 0 aliphatic rings. The molecule has 0 amide bonds. The lowest BCUT2D eigenvalue weighted by molar-refractivity contribution is 0.536. The molecule has 0 aliphatic carbocycles. The number of alkyl halides is 1. The van der Waals surface area contributed by atoms with Gasteiger partial charge in [-0.25, -0.2) is 0 Å². The molecule has 132 valence electrons. The van der Waals surface area contributed by atoms with Crippen molar-refractivity contribution >= 4 is 22.6 Å². The first-order valence-corrected chi connectivity index (χ1v) is 11.4. The van der Waals surface area contributed by atoms with Crippen LogP contribution in [0.25, 0.3) is 0 Å². The monoisotopic (exact) mass is 429 g/mol. The van der Waals surface area contributed by atoms with Crippen molar-refractivity contribution in [1.29, 1.82) is 0 Å². The molecule has 1 heterocycles. The molecule has 0 saturated carbocycles. The second-order valence-corrected chi connectivity index (χ2v) is 7.82. The molecule has 1 aromatic rings. The summed E-state index contributed by atoms with van der Waals surface area (Å²) >= 11 is 2.49. The number of pyridine rings is 1. The van der Waals surface area contributed by atoms with Crippen molar-refractivity contribution in [2.45, 2.75) is 96.3 Å². The summed E-state index contributed by atoms with van der Waals surface area (Å²) in [4.78, 5) is 4.07. The Morgan fingerprint density at radius 1 is 0.565 bits per heavy atom. The highest BCUT2D eigenvalue weighted by Crippen LogP contribution is 2.14. The number of rotatable bonds is 16. The smallest absolute Gasteiger partial charge is 0.0270 e. The number of unbranched alkanes of at least 4 members (excludes halogenated alkanes) is 13. The van der Waals surface area contributed by atoms with Gasteiger partial charge in [-0.1, -0.05) is 99.6 Å². The van der Waals surface area contributed by atoms with Gasteiger partial charge in [-0.2, -0.15) is 0 Å². The molecule has 0 radical (unpaired) electrons. The van der Waals surface area contributed by atoms with Crippen LogP contribution in [0, 0.1) is 0 Å². The second-order valence-electron chi connectivity index (χ2n) is 6.74. The molecule has 0 bridgehead atoms. The van der Waals surface area contributed by atoms with E-state index in [2.05, 4.69) is 39.7 Å². The fraction of sp³-hybridized carbons (Fsp3) is 0.762. The normalized spacial score (nSPS) is 11.0. The van der Waals surface area contributed by atoms with Crippen molar-refractivity contribution in [3.63, 3.8) is 0 Å². The third-order valence-electron chi connectivity index (χ3n) is 4.60. The van der Waals surface area contributed by atoms with Crippen LogP contribution in [0.5, 0.6) is 0 Å². The van der Waals surface area contributed by atoms with Crippen LogP contribution in [0.1, 0.15) is 95.5 Å². The minimum Gasteiger partial charge on any atom is -0.265 e. The van der Waals surface area contributed by atoms with Gasteiger partial charge in [0.15, 0.2) is 0 Å². The molecule has 1 rings (SSSR count). The molecular formula is C21H36IN. The molecule has 1 aromatic heterocycles. The van der Waals surface area contributed by atoms with E-state index < -0.39 is 0 Å². The molecule has 2 heteroatoms. The van der Waals surface area contributed by atoms with E-state index in [4.69, 9.17) is 0 Å². The van der Waals surface area contributed by atoms with Crippen molar-refractivity contribution in [3.8, 4) is 0 Å². The summed E-state index contributed by atoms with van der Waals surface area (Å²) in [6.07, 6.45) is 25.2. The van der Waals surface area contributed by atoms with Gasteiger partial charge in [0.1, 0.15) is 0 Å². The van der Waals surface area contributed by atoms with Crippen LogP contribution in [0.4, 0.5) is 0 Å². The Hall–Kier alpha value is -0.120. The van der Waals surface area contributed by atoms with Gasteiger partial charge in [0, 0.05) is 12.4 Å². The molecule has 0 spiro atoms. The SMILES string of the molecule is ICCCCCCCCCCCCCCCCc1ccncc1. The van der Waals surface area contributed by atoms with Crippen LogP contribution in [-0.2, 0) is 6.42 Å². The van der Waals surface area contributed by atoms with E-state index in [0.717, 1.165) is 0 Å². The Labute approximate surface area is 158 Å². The number of halogens is 1. The van der Waals surface area contributed by atoms with Crippen LogP contribution < -0.4 is 0 Å². The average Bonchev–Trinajstić information content (AvgIpc) is 2.59. The quantitative estimate of drug-likeness (QED) is 0.150. The number of hydrogen-bond acceptors (Lipinski definition) is 1. The van der Waals surface area contributed by atoms with Gasteiger partial charge >= 0.3 is 0 Å². The van der Waals surface area contributed by atoms with Gasteiger partial charge in [0.25, 0.3) is 0 Å². The van der Waals surface area contributed by atoms with E-state index in [1.807, 2.05) is 12.4 Å². The van der Waals surface area contributed by atoms with Crippen LogP contribution in [0.3, 0.4) is 0 Å². The average molecular weight is 429 g/mol. The van der Waals surface area contributed by atoms with Crippen molar-refractivity contribution in [1.82, 2.24) is 4.98 Å². The molecule has 0 unspecified atom stereocenters. The van der Waals surface area contributed by atoms with Gasteiger partial charge < -0.3 is 0 Å². The summed E-state index contributed by atoms with van der Waals surface area (Å²) in [5.41, 5.74) is 1.44. The summed E-state index contributed by atoms with van der Waals surface area (Å²) in [5.74, 6) is 0. The highest BCUT2D eigenvalue weighted by molar-refractivity contribution is 14.1. The summed E-state index contributed by atoms with van der Waals surface area (Å²) < 4.78 is 1.33. The first kappa shape index (κ1) is 20.9. The molecular weight excluding hydrogens is 393 g/mol. The maximum Gasteiger partial charge on any atom is 0.0270 e. The van der Waals surface area contributed by atoms with E-state index in [1.54, 1.807) is 0 Å². The van der Waals surface area contributed by atoms with Crippen molar-refractivity contribution in [2.24, 2.45) is 0 Å². The largest absolute Gasteiger partial charge is 0.265 e. The van der Waals surface area contributed by atoms with Gasteiger partial charge in [0.05, 0.1) is 0 Å². The van der Waals surface area contributed by atoms with E-state index in [1.165, 1.54) is 106 Å². The number of aryl methyl sites for hydroxylation is 1. The van der Waals surface area contributed by atoms with Gasteiger partial charge in [-0.3, -0.25) is 4.98 Å². The standard InChI is InChI=1S/C21H36IN/c22-18-14-12-10-8-6-4-2-1-3-5-7-9-11-13-15-21-16-19-23-20-17-21/h16-17,19-20H,1-15,18H2. The van der Waals surface area contributed by atoms with Gasteiger partial charge in [0.2, 0.25) is 0 Å². The van der Waals surface area contributed by atoms with Crippen molar-refractivity contribution in [2.75, 3.05) is 4.43 Å². The Balaban J connectivity index is 1.72. The maximum atomic E-state index is 4.07. The number of aromatic nitrogens is 1. The summed E-state index contributed by atoms with van der Waals surface area (Å²) in [6, 6.07) is 4.28. The van der Waals surface area contributed by atoms with E-state index in [-0.39, 0.29) is 0 Å². The van der Waals surface area contributed by atoms with E-state index in [9.17, 15) is 0 Å². The molecule has 0 fully saturated rings. The minimum atomic E-state index is 1.22. The van der Waals surface area contributed by atoms with Crippen LogP contribution >= 0.6 is 22.6 Å².